The normalized spacial score (nSPS) is 10.9. The van der Waals surface area contributed by atoms with E-state index in [1.54, 1.807) is 0 Å². The molecule has 0 spiro atoms. The second kappa shape index (κ2) is 4.93. The summed E-state index contributed by atoms with van der Waals surface area (Å²) >= 11 is 0. The maximum Gasteiger partial charge on any atom is 0.335 e. The molecule has 0 fully saturated rings. The van der Waals surface area contributed by atoms with Crippen molar-refractivity contribution in [2.75, 3.05) is 0 Å². The van der Waals surface area contributed by atoms with Gasteiger partial charge in [-0.2, -0.15) is 0 Å². The molecule has 1 aromatic rings. The number of hydrogen-bond donors (Lipinski definition) is 3. The monoisotopic (exact) mass is 234 g/mol. The molecule has 0 aromatic heterocycles. The van der Waals surface area contributed by atoms with Gasteiger partial charge in [0.05, 0.1) is 11.1 Å². The van der Waals surface area contributed by atoms with E-state index < -0.39 is 17.8 Å². The van der Waals surface area contributed by atoms with Gasteiger partial charge in [-0.25, -0.2) is 4.79 Å². The largest absolute Gasteiger partial charge is 0.478 e. The second-order valence-electron chi connectivity index (χ2n) is 3.21. The van der Waals surface area contributed by atoms with Gasteiger partial charge in [-0.05, 0) is 17.7 Å². The van der Waals surface area contributed by atoms with Gasteiger partial charge in [-0.1, -0.05) is 12.1 Å². The molecule has 0 saturated carbocycles. The smallest absolute Gasteiger partial charge is 0.335 e. The van der Waals surface area contributed by atoms with Crippen molar-refractivity contribution in [3.05, 3.63) is 41.5 Å². The molecule has 6 heteroatoms. The number of amides is 2. The standard InChI is InChI=1S/C11H10N2O4/c12-9(14)5-8(10(13)15)6-1-3-7(4-2-6)11(16)17/h1-5H,(H2,12,14)(H2,13,15)(H,16,17)/b8-5-. The van der Waals surface area contributed by atoms with Crippen LogP contribution in [-0.4, -0.2) is 22.9 Å². The number of carbonyl (C=O) groups is 3. The zero-order valence-corrected chi connectivity index (χ0v) is 8.71. The minimum absolute atomic E-state index is 0.0607. The van der Waals surface area contributed by atoms with Gasteiger partial charge >= 0.3 is 5.97 Å². The number of benzene rings is 1. The summed E-state index contributed by atoms with van der Waals surface area (Å²) in [5.74, 6) is -2.70. The van der Waals surface area contributed by atoms with E-state index in [-0.39, 0.29) is 11.1 Å². The van der Waals surface area contributed by atoms with Crippen LogP contribution in [0, 0.1) is 0 Å². The van der Waals surface area contributed by atoms with Gasteiger partial charge in [-0.15, -0.1) is 0 Å². The molecule has 0 unspecified atom stereocenters. The topological polar surface area (TPSA) is 123 Å². The van der Waals surface area contributed by atoms with E-state index in [1.165, 1.54) is 24.3 Å². The van der Waals surface area contributed by atoms with Gasteiger partial charge in [0.1, 0.15) is 0 Å². The van der Waals surface area contributed by atoms with Crippen molar-refractivity contribution in [1.82, 2.24) is 0 Å². The van der Waals surface area contributed by atoms with Gasteiger partial charge in [-0.3, -0.25) is 9.59 Å². The lowest BCUT2D eigenvalue weighted by molar-refractivity contribution is -0.115. The highest BCUT2D eigenvalue weighted by Crippen LogP contribution is 2.14. The Morgan fingerprint density at radius 2 is 1.47 bits per heavy atom. The Morgan fingerprint density at radius 1 is 1.00 bits per heavy atom. The summed E-state index contributed by atoms with van der Waals surface area (Å²) in [6.45, 7) is 0. The highest BCUT2D eigenvalue weighted by atomic mass is 16.4. The fourth-order valence-electron chi connectivity index (χ4n) is 1.23. The van der Waals surface area contributed by atoms with Crippen LogP contribution in [0.5, 0.6) is 0 Å². The van der Waals surface area contributed by atoms with Gasteiger partial charge in [0, 0.05) is 6.08 Å². The van der Waals surface area contributed by atoms with Crippen molar-refractivity contribution in [2.24, 2.45) is 11.5 Å². The molecule has 2 amide bonds. The number of carboxylic acids is 1. The molecular weight excluding hydrogens is 224 g/mol. The molecule has 0 aliphatic heterocycles. The van der Waals surface area contributed by atoms with Crippen LogP contribution in [0.25, 0.3) is 5.57 Å². The van der Waals surface area contributed by atoms with E-state index in [0.29, 0.717) is 5.56 Å². The highest BCUT2D eigenvalue weighted by molar-refractivity contribution is 6.22. The molecule has 0 radical (unpaired) electrons. The lowest BCUT2D eigenvalue weighted by Crippen LogP contribution is -2.16. The Bertz CT molecular complexity index is 503. The Labute approximate surface area is 96.5 Å². The van der Waals surface area contributed by atoms with Crippen LogP contribution in [0.15, 0.2) is 30.3 Å². The summed E-state index contributed by atoms with van der Waals surface area (Å²) in [4.78, 5) is 32.4. The third-order valence-corrected chi connectivity index (χ3v) is 1.99. The van der Waals surface area contributed by atoms with Crippen molar-refractivity contribution in [1.29, 1.82) is 0 Å². The molecule has 88 valence electrons. The van der Waals surface area contributed by atoms with Crippen molar-refractivity contribution in [2.45, 2.75) is 0 Å². The summed E-state index contributed by atoms with van der Waals surface area (Å²) in [6, 6.07) is 5.36. The number of carbonyl (C=O) groups excluding carboxylic acids is 2. The molecule has 0 aliphatic rings. The van der Waals surface area contributed by atoms with Crippen LogP contribution in [0.2, 0.25) is 0 Å². The fourth-order valence-corrected chi connectivity index (χ4v) is 1.23. The number of aromatic carboxylic acids is 1. The predicted molar refractivity (Wildman–Crippen MR) is 59.8 cm³/mol. The second-order valence-corrected chi connectivity index (χ2v) is 3.21. The van der Waals surface area contributed by atoms with Crippen LogP contribution in [0.3, 0.4) is 0 Å². The molecule has 0 heterocycles. The Balaban J connectivity index is 3.17. The number of rotatable bonds is 4. The quantitative estimate of drug-likeness (QED) is 0.620. The SMILES string of the molecule is NC(=O)/C=C(\C(N)=O)c1ccc(C(=O)O)cc1. The third-order valence-electron chi connectivity index (χ3n) is 1.99. The Hall–Kier alpha value is -2.63. The molecule has 0 bridgehead atoms. The Morgan fingerprint density at radius 3 is 1.82 bits per heavy atom. The number of carboxylic acid groups (broad SMARTS) is 1. The molecule has 6 nitrogen and oxygen atoms in total. The van der Waals surface area contributed by atoms with Crippen LogP contribution in [0.4, 0.5) is 0 Å². The van der Waals surface area contributed by atoms with E-state index >= 15 is 0 Å². The lowest BCUT2D eigenvalue weighted by atomic mass is 10.0. The van der Waals surface area contributed by atoms with Gasteiger partial charge < -0.3 is 16.6 Å². The average Bonchev–Trinajstić information content (AvgIpc) is 2.25. The number of primary amides is 2. The minimum Gasteiger partial charge on any atom is -0.478 e. The maximum atomic E-state index is 11.1. The van der Waals surface area contributed by atoms with Gasteiger partial charge in [0.25, 0.3) is 0 Å². The summed E-state index contributed by atoms with van der Waals surface area (Å²) in [7, 11) is 0. The molecule has 0 atom stereocenters. The maximum absolute atomic E-state index is 11.1. The van der Waals surface area contributed by atoms with Crippen molar-refractivity contribution in [3.63, 3.8) is 0 Å². The van der Waals surface area contributed by atoms with E-state index in [0.717, 1.165) is 6.08 Å². The summed E-state index contributed by atoms with van der Waals surface area (Å²) < 4.78 is 0. The molecule has 1 aromatic carbocycles. The first-order valence-electron chi connectivity index (χ1n) is 4.56. The summed E-state index contributed by atoms with van der Waals surface area (Å²) in [5.41, 5.74) is 10.4. The lowest BCUT2D eigenvalue weighted by Gasteiger charge is -2.03. The highest BCUT2D eigenvalue weighted by Gasteiger charge is 2.10. The zero-order valence-electron chi connectivity index (χ0n) is 8.71. The zero-order chi connectivity index (χ0) is 13.0. The molecular formula is C11H10N2O4. The van der Waals surface area contributed by atoms with Crippen molar-refractivity contribution >= 4 is 23.4 Å². The minimum atomic E-state index is -1.09. The molecule has 1 rings (SSSR count). The van der Waals surface area contributed by atoms with Crippen molar-refractivity contribution < 1.29 is 19.5 Å². The molecule has 0 saturated heterocycles. The molecule has 17 heavy (non-hydrogen) atoms. The predicted octanol–water partition coefficient (Wildman–Crippen LogP) is -0.261. The van der Waals surface area contributed by atoms with Gasteiger partial charge in [0.2, 0.25) is 11.8 Å². The first-order valence-corrected chi connectivity index (χ1v) is 4.56. The first-order chi connectivity index (χ1) is 7.91. The van der Waals surface area contributed by atoms with E-state index in [4.69, 9.17) is 16.6 Å². The number of hydrogen-bond acceptors (Lipinski definition) is 3. The van der Waals surface area contributed by atoms with Crippen LogP contribution in [-0.2, 0) is 9.59 Å². The van der Waals surface area contributed by atoms with E-state index in [2.05, 4.69) is 0 Å². The van der Waals surface area contributed by atoms with Crippen LogP contribution >= 0.6 is 0 Å². The van der Waals surface area contributed by atoms with E-state index in [1.807, 2.05) is 0 Å². The van der Waals surface area contributed by atoms with Crippen molar-refractivity contribution in [3.8, 4) is 0 Å². The van der Waals surface area contributed by atoms with E-state index in [9.17, 15) is 14.4 Å². The summed E-state index contributed by atoms with van der Waals surface area (Å²) in [5, 5.41) is 8.69. The van der Waals surface area contributed by atoms with Crippen LogP contribution in [0.1, 0.15) is 15.9 Å². The third kappa shape index (κ3) is 3.16. The van der Waals surface area contributed by atoms with Crippen LogP contribution < -0.4 is 11.5 Å². The molecule has 5 N–H and O–H groups in total. The average molecular weight is 234 g/mol. The fraction of sp³-hybridized carbons (Fsp3) is 0. The number of nitrogens with two attached hydrogens (primary N) is 2. The first kappa shape index (κ1) is 12.4. The Kier molecular flexibility index (Phi) is 3.61. The van der Waals surface area contributed by atoms with Gasteiger partial charge in [0.15, 0.2) is 0 Å². The summed E-state index contributed by atoms with van der Waals surface area (Å²) in [6.07, 6.45) is 0.901. The molecule has 0 aliphatic carbocycles.